The number of aliphatic hydroxyl groups is 1. The Bertz CT molecular complexity index is 690. The van der Waals surface area contributed by atoms with Gasteiger partial charge in [-0.25, -0.2) is 0 Å². The Labute approximate surface area is 111 Å². The van der Waals surface area contributed by atoms with E-state index in [1.54, 1.807) is 0 Å². The molecule has 0 spiro atoms. The average molecular weight is 250 g/mol. The van der Waals surface area contributed by atoms with Crippen molar-refractivity contribution in [1.29, 1.82) is 0 Å². The predicted octanol–water partition coefficient (Wildman–Crippen LogP) is 4.10. The van der Waals surface area contributed by atoms with Gasteiger partial charge in [0.05, 0.1) is 6.61 Å². The Morgan fingerprint density at radius 3 is 2.68 bits per heavy atom. The number of fused-ring (bicyclic) bond motifs is 1. The van der Waals surface area contributed by atoms with Crippen molar-refractivity contribution in [1.82, 2.24) is 0 Å². The van der Waals surface area contributed by atoms with Crippen molar-refractivity contribution in [3.63, 3.8) is 0 Å². The van der Waals surface area contributed by atoms with Gasteiger partial charge in [0.25, 0.3) is 0 Å². The molecule has 3 aromatic rings. The molecule has 0 aliphatic rings. The smallest absolute Gasteiger partial charge is 0.134 e. The first-order valence-corrected chi connectivity index (χ1v) is 6.21. The van der Waals surface area contributed by atoms with Crippen LogP contribution in [0, 0.1) is 0 Å². The van der Waals surface area contributed by atoms with Gasteiger partial charge in [-0.05, 0) is 35.4 Å². The molecular formula is C17H14O2. The fourth-order valence-electron chi connectivity index (χ4n) is 2.06. The SMILES string of the molecule is OCc1cccc(/C=C/c2cc3ccccc3o2)c1. The second-order valence-electron chi connectivity index (χ2n) is 4.42. The number of benzene rings is 2. The molecule has 0 radical (unpaired) electrons. The number of rotatable bonds is 3. The summed E-state index contributed by atoms with van der Waals surface area (Å²) in [6.07, 6.45) is 3.92. The second kappa shape index (κ2) is 5.12. The van der Waals surface area contributed by atoms with Crippen molar-refractivity contribution in [2.45, 2.75) is 6.61 Å². The Kier molecular flexibility index (Phi) is 3.17. The topological polar surface area (TPSA) is 33.4 Å². The quantitative estimate of drug-likeness (QED) is 0.759. The number of hydrogen-bond donors (Lipinski definition) is 1. The van der Waals surface area contributed by atoms with Crippen LogP contribution in [-0.4, -0.2) is 5.11 Å². The third kappa shape index (κ3) is 2.59. The molecule has 0 aliphatic heterocycles. The van der Waals surface area contributed by atoms with E-state index in [4.69, 9.17) is 9.52 Å². The first-order chi connectivity index (χ1) is 9.35. The highest BCUT2D eigenvalue weighted by Gasteiger charge is 1.99. The third-order valence-corrected chi connectivity index (χ3v) is 3.02. The molecule has 94 valence electrons. The predicted molar refractivity (Wildman–Crippen MR) is 77.5 cm³/mol. The zero-order valence-corrected chi connectivity index (χ0v) is 10.4. The van der Waals surface area contributed by atoms with Crippen LogP contribution in [0.1, 0.15) is 16.9 Å². The van der Waals surface area contributed by atoms with E-state index in [9.17, 15) is 0 Å². The summed E-state index contributed by atoms with van der Waals surface area (Å²) < 4.78 is 5.71. The summed E-state index contributed by atoms with van der Waals surface area (Å²) >= 11 is 0. The lowest BCUT2D eigenvalue weighted by Crippen LogP contribution is -1.82. The fraction of sp³-hybridized carbons (Fsp3) is 0.0588. The Hall–Kier alpha value is -2.32. The van der Waals surface area contributed by atoms with Crippen LogP contribution in [0.25, 0.3) is 23.1 Å². The van der Waals surface area contributed by atoms with Crippen LogP contribution in [0.3, 0.4) is 0 Å². The molecule has 0 aliphatic carbocycles. The lowest BCUT2D eigenvalue weighted by atomic mass is 10.1. The fourth-order valence-corrected chi connectivity index (χ4v) is 2.06. The minimum absolute atomic E-state index is 0.0618. The summed E-state index contributed by atoms with van der Waals surface area (Å²) in [5.41, 5.74) is 2.85. The first-order valence-electron chi connectivity index (χ1n) is 6.21. The molecule has 1 aromatic heterocycles. The highest BCUT2D eigenvalue weighted by atomic mass is 16.3. The number of hydrogen-bond acceptors (Lipinski definition) is 2. The third-order valence-electron chi connectivity index (χ3n) is 3.02. The maximum Gasteiger partial charge on any atom is 0.134 e. The summed E-state index contributed by atoms with van der Waals surface area (Å²) in [6, 6.07) is 17.8. The van der Waals surface area contributed by atoms with E-state index in [2.05, 4.69) is 0 Å². The molecule has 1 N–H and O–H groups in total. The maximum absolute atomic E-state index is 9.10. The van der Waals surface area contributed by atoms with Gasteiger partial charge in [-0.3, -0.25) is 0 Å². The Morgan fingerprint density at radius 2 is 1.84 bits per heavy atom. The van der Waals surface area contributed by atoms with Crippen LogP contribution in [0.4, 0.5) is 0 Å². The number of aliphatic hydroxyl groups excluding tert-OH is 1. The van der Waals surface area contributed by atoms with Crippen molar-refractivity contribution >= 4 is 23.1 Å². The molecule has 0 atom stereocenters. The Morgan fingerprint density at radius 1 is 0.947 bits per heavy atom. The Balaban J connectivity index is 1.88. The van der Waals surface area contributed by atoms with E-state index in [1.807, 2.05) is 66.7 Å². The molecule has 1 heterocycles. The van der Waals surface area contributed by atoms with Crippen molar-refractivity contribution in [3.05, 3.63) is 71.5 Å². The zero-order valence-electron chi connectivity index (χ0n) is 10.4. The van der Waals surface area contributed by atoms with Crippen molar-refractivity contribution in [2.75, 3.05) is 0 Å². The van der Waals surface area contributed by atoms with Crippen molar-refractivity contribution in [2.24, 2.45) is 0 Å². The van der Waals surface area contributed by atoms with Crippen LogP contribution in [-0.2, 0) is 6.61 Å². The van der Waals surface area contributed by atoms with Gasteiger partial charge in [-0.2, -0.15) is 0 Å². The van der Waals surface area contributed by atoms with E-state index in [1.165, 1.54) is 0 Å². The van der Waals surface area contributed by atoms with E-state index >= 15 is 0 Å². The number of furan rings is 1. The molecule has 0 unspecified atom stereocenters. The molecule has 0 fully saturated rings. The molecule has 19 heavy (non-hydrogen) atoms. The lowest BCUT2D eigenvalue weighted by molar-refractivity contribution is 0.282. The highest BCUT2D eigenvalue weighted by Crippen LogP contribution is 2.20. The van der Waals surface area contributed by atoms with Crippen molar-refractivity contribution < 1.29 is 9.52 Å². The second-order valence-corrected chi connectivity index (χ2v) is 4.42. The standard InChI is InChI=1S/C17H14O2/c18-12-14-5-3-4-13(10-14)8-9-16-11-15-6-1-2-7-17(15)19-16/h1-11,18H,12H2/b9-8+. The molecule has 0 saturated heterocycles. The van der Waals surface area contributed by atoms with Crippen LogP contribution >= 0.6 is 0 Å². The largest absolute Gasteiger partial charge is 0.457 e. The van der Waals surface area contributed by atoms with Crippen LogP contribution in [0.2, 0.25) is 0 Å². The summed E-state index contributed by atoms with van der Waals surface area (Å²) in [5.74, 6) is 0.829. The zero-order chi connectivity index (χ0) is 13.1. The molecule has 2 heteroatoms. The van der Waals surface area contributed by atoms with E-state index in [0.29, 0.717) is 0 Å². The summed E-state index contributed by atoms with van der Waals surface area (Å²) in [5, 5.41) is 10.2. The van der Waals surface area contributed by atoms with Crippen LogP contribution in [0.15, 0.2) is 59.0 Å². The maximum atomic E-state index is 9.10. The molecular weight excluding hydrogens is 236 g/mol. The van der Waals surface area contributed by atoms with Gasteiger partial charge in [0.2, 0.25) is 0 Å². The van der Waals surface area contributed by atoms with Crippen LogP contribution < -0.4 is 0 Å². The normalized spacial score (nSPS) is 11.4. The van der Waals surface area contributed by atoms with E-state index < -0.39 is 0 Å². The minimum Gasteiger partial charge on any atom is -0.457 e. The van der Waals surface area contributed by atoms with Gasteiger partial charge in [-0.1, -0.05) is 42.5 Å². The molecule has 0 saturated carbocycles. The van der Waals surface area contributed by atoms with Gasteiger partial charge in [-0.15, -0.1) is 0 Å². The highest BCUT2D eigenvalue weighted by molar-refractivity contribution is 5.81. The molecule has 2 nitrogen and oxygen atoms in total. The average Bonchev–Trinajstić information content (AvgIpc) is 2.88. The van der Waals surface area contributed by atoms with Gasteiger partial charge < -0.3 is 9.52 Å². The lowest BCUT2D eigenvalue weighted by Gasteiger charge is -1.97. The van der Waals surface area contributed by atoms with Gasteiger partial charge >= 0.3 is 0 Å². The summed E-state index contributed by atoms with van der Waals surface area (Å²) in [6.45, 7) is 0.0618. The van der Waals surface area contributed by atoms with E-state index in [0.717, 1.165) is 27.9 Å². The molecule has 3 rings (SSSR count). The van der Waals surface area contributed by atoms with Gasteiger partial charge in [0.15, 0.2) is 0 Å². The monoisotopic (exact) mass is 250 g/mol. The summed E-state index contributed by atoms with van der Waals surface area (Å²) in [7, 11) is 0. The van der Waals surface area contributed by atoms with Crippen molar-refractivity contribution in [3.8, 4) is 0 Å². The van der Waals surface area contributed by atoms with Crippen LogP contribution in [0.5, 0.6) is 0 Å². The van der Waals surface area contributed by atoms with Gasteiger partial charge in [0.1, 0.15) is 11.3 Å². The molecule has 0 amide bonds. The van der Waals surface area contributed by atoms with Gasteiger partial charge in [0, 0.05) is 5.39 Å². The number of para-hydroxylation sites is 1. The summed E-state index contributed by atoms with van der Waals surface area (Å²) in [4.78, 5) is 0. The van der Waals surface area contributed by atoms with E-state index in [-0.39, 0.29) is 6.61 Å². The molecule has 2 aromatic carbocycles. The minimum atomic E-state index is 0.0618. The molecule has 0 bridgehead atoms. The first kappa shape index (κ1) is 11.8.